The molecule has 0 saturated heterocycles. The van der Waals surface area contributed by atoms with Gasteiger partial charge in [0.25, 0.3) is 0 Å². The van der Waals surface area contributed by atoms with Crippen LogP contribution >= 0.6 is 0 Å². The van der Waals surface area contributed by atoms with Gasteiger partial charge < -0.3 is 11.1 Å². The Kier molecular flexibility index (Phi) is 5.09. The van der Waals surface area contributed by atoms with E-state index in [1.807, 2.05) is 36.4 Å². The first kappa shape index (κ1) is 15.8. The average Bonchev–Trinajstić information content (AvgIpc) is 3.06. The lowest BCUT2D eigenvalue weighted by molar-refractivity contribution is -0.120. The van der Waals surface area contributed by atoms with Crippen LogP contribution in [0.5, 0.6) is 0 Å². The maximum atomic E-state index is 12.6. The molecule has 1 saturated carbocycles. The molecule has 0 bridgehead atoms. The number of benzene rings is 2. The third kappa shape index (κ3) is 3.80. The maximum absolute atomic E-state index is 12.6. The third-order valence-electron chi connectivity index (χ3n) is 4.81. The first-order chi connectivity index (χ1) is 11.3. The Balaban J connectivity index is 1.74. The molecule has 2 aromatic carbocycles. The van der Waals surface area contributed by atoms with Crippen molar-refractivity contribution in [1.29, 1.82) is 0 Å². The van der Waals surface area contributed by atoms with E-state index in [1.165, 1.54) is 5.56 Å². The Morgan fingerprint density at radius 2 is 1.78 bits per heavy atom. The molecular weight excluding hydrogens is 284 g/mol. The summed E-state index contributed by atoms with van der Waals surface area (Å²) in [5.41, 5.74) is 9.12. The highest BCUT2D eigenvalue weighted by molar-refractivity contribution is 5.93. The predicted molar refractivity (Wildman–Crippen MR) is 94.2 cm³/mol. The molecule has 3 N–H and O–H groups in total. The van der Waals surface area contributed by atoms with Gasteiger partial charge in [0.2, 0.25) is 5.91 Å². The number of rotatable bonds is 5. The minimum Gasteiger partial charge on any atom is -0.330 e. The number of carbonyl (C=O) groups is 1. The lowest BCUT2D eigenvalue weighted by atomic mass is 9.95. The Labute approximate surface area is 137 Å². The molecule has 1 aliphatic rings. The SMILES string of the molecule is NC[C@H]1CCC[C@H]1C(=O)Nc1ccccc1Cc1ccccc1. The number of nitrogens with two attached hydrogens (primary N) is 1. The van der Waals surface area contributed by atoms with E-state index in [4.69, 9.17) is 5.73 Å². The van der Waals surface area contributed by atoms with Gasteiger partial charge in [-0.15, -0.1) is 0 Å². The fourth-order valence-electron chi connectivity index (χ4n) is 3.50. The molecule has 0 unspecified atom stereocenters. The topological polar surface area (TPSA) is 55.1 Å². The third-order valence-corrected chi connectivity index (χ3v) is 4.81. The van der Waals surface area contributed by atoms with Gasteiger partial charge in [0.15, 0.2) is 0 Å². The molecule has 120 valence electrons. The number of para-hydroxylation sites is 1. The Morgan fingerprint density at radius 3 is 2.57 bits per heavy atom. The van der Waals surface area contributed by atoms with Crippen LogP contribution < -0.4 is 11.1 Å². The van der Waals surface area contributed by atoms with Gasteiger partial charge in [-0.05, 0) is 48.9 Å². The Hall–Kier alpha value is -2.13. The van der Waals surface area contributed by atoms with Crippen LogP contribution in [0.1, 0.15) is 30.4 Å². The first-order valence-corrected chi connectivity index (χ1v) is 8.40. The summed E-state index contributed by atoms with van der Waals surface area (Å²) in [5.74, 6) is 0.513. The number of nitrogens with one attached hydrogen (secondary N) is 1. The summed E-state index contributed by atoms with van der Waals surface area (Å²) in [5, 5.41) is 3.14. The molecule has 0 spiro atoms. The van der Waals surface area contributed by atoms with Gasteiger partial charge in [-0.1, -0.05) is 55.0 Å². The molecule has 3 heteroatoms. The molecule has 3 nitrogen and oxygen atoms in total. The van der Waals surface area contributed by atoms with Crippen molar-refractivity contribution < 1.29 is 4.79 Å². The number of anilines is 1. The number of amides is 1. The molecule has 1 fully saturated rings. The standard InChI is InChI=1S/C20H24N2O/c21-14-17-10-6-11-18(17)20(23)22-19-12-5-4-9-16(19)13-15-7-2-1-3-8-15/h1-5,7-9,12,17-18H,6,10-11,13-14,21H2,(H,22,23)/t17-,18-/m1/s1. The highest BCUT2D eigenvalue weighted by Gasteiger charge is 2.32. The van der Waals surface area contributed by atoms with Crippen LogP contribution in [0.25, 0.3) is 0 Å². The van der Waals surface area contributed by atoms with Gasteiger partial charge in [0, 0.05) is 11.6 Å². The van der Waals surface area contributed by atoms with E-state index < -0.39 is 0 Å². The van der Waals surface area contributed by atoms with Crippen LogP contribution in [0.3, 0.4) is 0 Å². The van der Waals surface area contributed by atoms with Crippen LogP contribution in [0, 0.1) is 11.8 Å². The molecule has 1 aliphatic carbocycles. The molecule has 0 heterocycles. The number of hydrogen-bond donors (Lipinski definition) is 2. The van der Waals surface area contributed by atoms with E-state index in [1.54, 1.807) is 0 Å². The zero-order chi connectivity index (χ0) is 16.1. The van der Waals surface area contributed by atoms with Crippen molar-refractivity contribution in [2.75, 3.05) is 11.9 Å². The Morgan fingerprint density at radius 1 is 1.04 bits per heavy atom. The van der Waals surface area contributed by atoms with E-state index >= 15 is 0 Å². The quantitative estimate of drug-likeness (QED) is 0.887. The number of hydrogen-bond acceptors (Lipinski definition) is 2. The average molecular weight is 308 g/mol. The van der Waals surface area contributed by atoms with Crippen LogP contribution in [0.2, 0.25) is 0 Å². The highest BCUT2D eigenvalue weighted by atomic mass is 16.1. The van der Waals surface area contributed by atoms with Crippen LogP contribution in [0.4, 0.5) is 5.69 Å². The van der Waals surface area contributed by atoms with Crippen molar-refractivity contribution in [2.24, 2.45) is 17.6 Å². The molecule has 1 amide bonds. The summed E-state index contributed by atoms with van der Waals surface area (Å²) in [6, 6.07) is 18.4. The Bertz CT molecular complexity index is 654. The van der Waals surface area contributed by atoms with Gasteiger partial charge in [-0.3, -0.25) is 4.79 Å². The normalized spacial score (nSPS) is 20.4. The molecule has 2 atom stereocenters. The minimum atomic E-state index is 0.0600. The van der Waals surface area contributed by atoms with E-state index in [0.717, 1.165) is 36.9 Å². The largest absolute Gasteiger partial charge is 0.330 e. The summed E-state index contributed by atoms with van der Waals surface area (Å²) in [4.78, 5) is 12.6. The zero-order valence-corrected chi connectivity index (χ0v) is 13.4. The summed E-state index contributed by atoms with van der Waals surface area (Å²) < 4.78 is 0. The molecule has 0 aliphatic heterocycles. The van der Waals surface area contributed by atoms with E-state index in [-0.39, 0.29) is 11.8 Å². The molecule has 23 heavy (non-hydrogen) atoms. The lowest BCUT2D eigenvalue weighted by Crippen LogP contribution is -2.30. The second-order valence-corrected chi connectivity index (χ2v) is 6.34. The van der Waals surface area contributed by atoms with Gasteiger partial charge in [-0.25, -0.2) is 0 Å². The highest BCUT2D eigenvalue weighted by Crippen LogP contribution is 2.32. The fourth-order valence-corrected chi connectivity index (χ4v) is 3.50. The fraction of sp³-hybridized carbons (Fsp3) is 0.350. The van der Waals surface area contributed by atoms with Crippen LogP contribution in [-0.4, -0.2) is 12.5 Å². The van der Waals surface area contributed by atoms with Crippen molar-refractivity contribution >= 4 is 11.6 Å². The summed E-state index contributed by atoms with van der Waals surface area (Å²) in [6.45, 7) is 0.601. The summed E-state index contributed by atoms with van der Waals surface area (Å²) >= 11 is 0. The van der Waals surface area contributed by atoms with Crippen molar-refractivity contribution in [3.8, 4) is 0 Å². The molecule has 3 rings (SSSR count). The van der Waals surface area contributed by atoms with Crippen LogP contribution in [0.15, 0.2) is 54.6 Å². The minimum absolute atomic E-state index is 0.0600. The summed E-state index contributed by atoms with van der Waals surface area (Å²) in [7, 11) is 0. The molecule has 0 aromatic heterocycles. The van der Waals surface area contributed by atoms with E-state index in [9.17, 15) is 4.79 Å². The second kappa shape index (κ2) is 7.42. The summed E-state index contributed by atoms with van der Waals surface area (Å²) in [6.07, 6.45) is 3.95. The van der Waals surface area contributed by atoms with Crippen molar-refractivity contribution in [2.45, 2.75) is 25.7 Å². The number of carbonyl (C=O) groups excluding carboxylic acids is 1. The maximum Gasteiger partial charge on any atom is 0.227 e. The van der Waals surface area contributed by atoms with Crippen LogP contribution in [-0.2, 0) is 11.2 Å². The molecule has 2 aromatic rings. The molecular formula is C20H24N2O. The lowest BCUT2D eigenvalue weighted by Gasteiger charge is -2.19. The van der Waals surface area contributed by atoms with Gasteiger partial charge in [0.05, 0.1) is 0 Å². The van der Waals surface area contributed by atoms with Crippen molar-refractivity contribution in [1.82, 2.24) is 0 Å². The van der Waals surface area contributed by atoms with Crippen molar-refractivity contribution in [3.05, 3.63) is 65.7 Å². The van der Waals surface area contributed by atoms with Gasteiger partial charge >= 0.3 is 0 Å². The molecule has 0 radical (unpaired) electrons. The predicted octanol–water partition coefficient (Wildman–Crippen LogP) is 3.59. The first-order valence-electron chi connectivity index (χ1n) is 8.40. The van der Waals surface area contributed by atoms with Crippen molar-refractivity contribution in [3.63, 3.8) is 0 Å². The van der Waals surface area contributed by atoms with E-state index in [0.29, 0.717) is 12.5 Å². The second-order valence-electron chi connectivity index (χ2n) is 6.34. The van der Waals surface area contributed by atoms with Gasteiger partial charge in [-0.2, -0.15) is 0 Å². The van der Waals surface area contributed by atoms with E-state index in [2.05, 4.69) is 23.5 Å². The smallest absolute Gasteiger partial charge is 0.227 e. The monoisotopic (exact) mass is 308 g/mol. The van der Waals surface area contributed by atoms with Gasteiger partial charge in [0.1, 0.15) is 0 Å². The zero-order valence-electron chi connectivity index (χ0n) is 13.4.